The van der Waals surface area contributed by atoms with Crippen molar-refractivity contribution in [3.05, 3.63) is 95.9 Å². The van der Waals surface area contributed by atoms with Crippen LogP contribution in [-0.4, -0.2) is 34.1 Å². The largest absolute Gasteiger partial charge is 0.497 e. The zero-order valence-corrected chi connectivity index (χ0v) is 19.8. The predicted molar refractivity (Wildman–Crippen MR) is 134 cm³/mol. The molecular weight excluding hydrogens is 449 g/mol. The smallest absolute Gasteiger partial charge is 0.253 e. The van der Waals surface area contributed by atoms with Gasteiger partial charge in [0, 0.05) is 35.5 Å². The van der Waals surface area contributed by atoms with Crippen LogP contribution in [-0.2, 0) is 11.8 Å². The second-order valence-corrected chi connectivity index (χ2v) is 9.21. The molecule has 7 heteroatoms. The maximum absolute atomic E-state index is 13.6. The first-order valence-electron chi connectivity index (χ1n) is 11.0. The van der Waals surface area contributed by atoms with E-state index in [4.69, 9.17) is 9.84 Å². The Morgan fingerprint density at radius 3 is 2.56 bits per heavy atom. The van der Waals surface area contributed by atoms with Crippen LogP contribution in [0.4, 0.5) is 4.39 Å². The van der Waals surface area contributed by atoms with E-state index in [-0.39, 0.29) is 23.5 Å². The second kappa shape index (κ2) is 9.35. The van der Waals surface area contributed by atoms with Gasteiger partial charge in [0.1, 0.15) is 11.6 Å². The fourth-order valence-corrected chi connectivity index (χ4v) is 5.24. The molecule has 34 heavy (non-hydrogen) atoms. The monoisotopic (exact) mass is 473 g/mol. The molecule has 0 aliphatic carbocycles. The molecule has 3 aromatic carbocycles. The van der Waals surface area contributed by atoms with Crippen molar-refractivity contribution in [2.45, 2.75) is 17.4 Å². The van der Waals surface area contributed by atoms with Gasteiger partial charge < -0.3 is 9.30 Å². The van der Waals surface area contributed by atoms with Gasteiger partial charge >= 0.3 is 0 Å². The van der Waals surface area contributed by atoms with Crippen molar-refractivity contribution in [1.29, 1.82) is 0 Å². The first-order chi connectivity index (χ1) is 16.5. The first kappa shape index (κ1) is 22.2. The third-order valence-corrected chi connectivity index (χ3v) is 7.08. The van der Waals surface area contributed by atoms with Crippen molar-refractivity contribution in [2.75, 3.05) is 12.9 Å². The van der Waals surface area contributed by atoms with Crippen LogP contribution in [0.1, 0.15) is 23.6 Å². The maximum atomic E-state index is 13.6. The molecule has 1 atom stereocenters. The van der Waals surface area contributed by atoms with Gasteiger partial charge in [-0.05, 0) is 53.6 Å². The van der Waals surface area contributed by atoms with Crippen molar-refractivity contribution in [1.82, 2.24) is 9.58 Å². The molecule has 0 fully saturated rings. The summed E-state index contributed by atoms with van der Waals surface area (Å²) < 4.78 is 20.9. The molecule has 0 spiro atoms. The molecule has 0 saturated heterocycles. The van der Waals surface area contributed by atoms with Gasteiger partial charge in [-0.3, -0.25) is 4.79 Å². The average molecular weight is 474 g/mol. The Kier molecular flexibility index (Phi) is 6.11. The van der Waals surface area contributed by atoms with E-state index in [0.29, 0.717) is 6.42 Å². The fraction of sp³-hybridized carbons (Fsp3) is 0.185. The van der Waals surface area contributed by atoms with Crippen LogP contribution in [0.2, 0.25) is 0 Å². The second-order valence-electron chi connectivity index (χ2n) is 8.20. The predicted octanol–water partition coefficient (Wildman–Crippen LogP) is 5.80. The van der Waals surface area contributed by atoms with Crippen LogP contribution in [0, 0.1) is 5.82 Å². The highest BCUT2D eigenvalue weighted by atomic mass is 32.2. The van der Waals surface area contributed by atoms with E-state index < -0.39 is 0 Å². The Balaban J connectivity index is 1.41. The van der Waals surface area contributed by atoms with E-state index in [2.05, 4.69) is 22.9 Å². The fourth-order valence-electron chi connectivity index (χ4n) is 4.27. The summed E-state index contributed by atoms with van der Waals surface area (Å²) in [6.07, 6.45) is 2.61. The Morgan fingerprint density at radius 2 is 1.82 bits per heavy atom. The zero-order valence-electron chi connectivity index (χ0n) is 18.9. The molecule has 0 radical (unpaired) electrons. The number of methoxy groups -OCH3 is 1. The van der Waals surface area contributed by atoms with Gasteiger partial charge in [-0.15, -0.1) is 11.8 Å². The highest BCUT2D eigenvalue weighted by molar-refractivity contribution is 8.00. The molecule has 2 heterocycles. The van der Waals surface area contributed by atoms with Crippen LogP contribution in [0.25, 0.3) is 10.9 Å². The number of hydrogen-bond donors (Lipinski definition) is 0. The summed E-state index contributed by atoms with van der Waals surface area (Å²) in [6, 6.07) is 21.8. The number of thioether (sulfide) groups is 1. The molecule has 1 amide bonds. The lowest BCUT2D eigenvalue weighted by Crippen LogP contribution is -2.28. The summed E-state index contributed by atoms with van der Waals surface area (Å²) in [5.74, 6) is 0.625. The number of nitrogens with zero attached hydrogens (tertiary/aromatic N) is 3. The number of aryl methyl sites for hydroxylation is 1. The molecule has 1 aliphatic rings. The number of carbonyl (C=O) groups excluding carboxylic acids is 1. The first-order valence-corrected chi connectivity index (χ1v) is 12.0. The summed E-state index contributed by atoms with van der Waals surface area (Å²) in [5, 5.41) is 7.41. The van der Waals surface area contributed by atoms with Gasteiger partial charge in [-0.1, -0.05) is 30.3 Å². The standard InChI is InChI=1S/C27H24FN3O2S/c1-30-16-26(22-5-3-4-6-24(22)30)34-17-27(32)31-25(19-7-11-20(28)12-8-19)15-23(29-31)18-9-13-21(33-2)14-10-18/h3-14,16,25H,15,17H2,1-2H3/t25-/m0/s1. The van der Waals surface area contributed by atoms with Gasteiger partial charge in [-0.25, -0.2) is 9.40 Å². The van der Waals surface area contributed by atoms with E-state index in [1.54, 1.807) is 24.3 Å². The van der Waals surface area contributed by atoms with Crippen molar-refractivity contribution < 1.29 is 13.9 Å². The number of halogens is 1. The molecule has 0 N–H and O–H groups in total. The Hall–Kier alpha value is -3.58. The zero-order chi connectivity index (χ0) is 23.7. The number of para-hydroxylation sites is 1. The number of aromatic nitrogens is 1. The van der Waals surface area contributed by atoms with Gasteiger partial charge in [0.25, 0.3) is 5.91 Å². The Morgan fingerprint density at radius 1 is 1.09 bits per heavy atom. The van der Waals surface area contributed by atoms with Gasteiger partial charge in [0.05, 0.1) is 24.6 Å². The number of ether oxygens (including phenoxy) is 1. The topological polar surface area (TPSA) is 46.8 Å². The molecule has 0 unspecified atom stereocenters. The minimum absolute atomic E-state index is 0.0872. The SMILES string of the molecule is COc1ccc(C2=NN(C(=O)CSc3cn(C)c4ccccc34)[C@H](c3ccc(F)cc3)C2)cc1. The van der Waals surface area contributed by atoms with Crippen molar-refractivity contribution in [3.8, 4) is 5.75 Å². The number of fused-ring (bicyclic) bond motifs is 1. The molecule has 5 nitrogen and oxygen atoms in total. The Labute approximate surface area is 201 Å². The highest BCUT2D eigenvalue weighted by Crippen LogP contribution is 2.35. The van der Waals surface area contributed by atoms with Gasteiger partial charge in [-0.2, -0.15) is 5.10 Å². The molecule has 0 saturated carbocycles. The summed E-state index contributed by atoms with van der Waals surface area (Å²) in [7, 11) is 3.63. The summed E-state index contributed by atoms with van der Waals surface area (Å²) >= 11 is 1.51. The molecule has 0 bridgehead atoms. The normalized spacial score (nSPS) is 15.6. The van der Waals surface area contributed by atoms with Crippen LogP contribution in [0.15, 0.2) is 89.0 Å². The lowest BCUT2D eigenvalue weighted by atomic mass is 9.98. The number of rotatable bonds is 6. The molecule has 5 rings (SSSR count). The number of hydrogen-bond acceptors (Lipinski definition) is 4. The van der Waals surface area contributed by atoms with Crippen LogP contribution >= 0.6 is 11.8 Å². The van der Waals surface area contributed by atoms with E-state index in [1.165, 1.54) is 23.9 Å². The molecular formula is C27H24FN3O2S. The van der Waals surface area contributed by atoms with Crippen molar-refractivity contribution in [3.63, 3.8) is 0 Å². The number of carbonyl (C=O) groups is 1. The van der Waals surface area contributed by atoms with Crippen LogP contribution in [0.5, 0.6) is 5.75 Å². The lowest BCUT2D eigenvalue weighted by Gasteiger charge is -2.22. The third kappa shape index (κ3) is 4.31. The van der Waals surface area contributed by atoms with Gasteiger partial charge in [0.15, 0.2) is 0 Å². The lowest BCUT2D eigenvalue weighted by molar-refractivity contribution is -0.130. The van der Waals surface area contributed by atoms with Crippen molar-refractivity contribution >= 4 is 34.3 Å². The molecule has 1 aromatic heterocycles. The van der Waals surface area contributed by atoms with Crippen molar-refractivity contribution in [2.24, 2.45) is 12.1 Å². The quantitative estimate of drug-likeness (QED) is 0.333. The molecule has 4 aromatic rings. The van der Waals surface area contributed by atoms with Crippen LogP contribution < -0.4 is 4.74 Å². The minimum atomic E-state index is -0.303. The average Bonchev–Trinajstić information content (AvgIpc) is 3.45. The van der Waals surface area contributed by atoms with E-state index in [1.807, 2.05) is 43.4 Å². The maximum Gasteiger partial charge on any atom is 0.253 e. The Bertz CT molecular complexity index is 1360. The minimum Gasteiger partial charge on any atom is -0.497 e. The van der Waals surface area contributed by atoms with Gasteiger partial charge in [0.2, 0.25) is 0 Å². The highest BCUT2D eigenvalue weighted by Gasteiger charge is 2.33. The molecule has 1 aliphatic heterocycles. The number of amides is 1. The summed E-state index contributed by atoms with van der Waals surface area (Å²) in [5.41, 5.74) is 3.74. The molecule has 172 valence electrons. The third-order valence-electron chi connectivity index (χ3n) is 6.06. The summed E-state index contributed by atoms with van der Waals surface area (Å²) in [4.78, 5) is 14.4. The number of benzene rings is 3. The summed E-state index contributed by atoms with van der Waals surface area (Å²) in [6.45, 7) is 0. The van der Waals surface area contributed by atoms with E-state index in [9.17, 15) is 9.18 Å². The van der Waals surface area contributed by atoms with E-state index >= 15 is 0 Å². The number of hydrazone groups is 1. The van der Waals surface area contributed by atoms with Crippen LogP contribution in [0.3, 0.4) is 0 Å². The van der Waals surface area contributed by atoms with E-state index in [0.717, 1.165) is 38.4 Å².